The number of nitrogens with zero attached hydrogens (tertiary/aromatic N) is 2. The zero-order valence-corrected chi connectivity index (χ0v) is 20.3. The average Bonchev–Trinajstić information content (AvgIpc) is 3.15. The van der Waals surface area contributed by atoms with Gasteiger partial charge in [0.2, 0.25) is 0 Å². The molecular weight excluding hydrogens is 460 g/mol. The molecule has 1 aromatic carbocycles. The highest BCUT2D eigenvalue weighted by Gasteiger charge is 2.22. The smallest absolute Gasteiger partial charge is 0.416 e. The third-order valence-electron chi connectivity index (χ3n) is 5.25. The van der Waals surface area contributed by atoms with Crippen LogP contribution >= 0.6 is 0 Å². The Morgan fingerprint density at radius 1 is 1.03 bits per heavy atom. The summed E-state index contributed by atoms with van der Waals surface area (Å²) in [6, 6.07) is 7.51. The number of hydrogen-bond donors (Lipinski definition) is 2. The molecule has 180 valence electrons. The van der Waals surface area contributed by atoms with Gasteiger partial charge in [-0.1, -0.05) is 19.6 Å². The van der Waals surface area contributed by atoms with Gasteiger partial charge >= 0.3 is 18.0 Å². The lowest BCUT2D eigenvalue weighted by molar-refractivity contribution is 0.0594. The topological polar surface area (TPSA) is 137 Å². The molecular formula is C23H26N2O8Si. The fourth-order valence-corrected chi connectivity index (χ4v) is 4.20. The van der Waals surface area contributed by atoms with E-state index >= 15 is 0 Å². The number of esters is 1. The number of carbonyl (C=O) groups excluding carboxylic acids is 1. The fraction of sp³-hybridized carbons (Fsp3) is 0.304. The Labute approximate surface area is 196 Å². The molecule has 10 nitrogen and oxygen atoms in total. The first kappa shape index (κ1) is 24.9. The highest BCUT2D eigenvalue weighted by molar-refractivity contribution is 6.76. The Hall–Kier alpha value is -3.70. The summed E-state index contributed by atoms with van der Waals surface area (Å²) >= 11 is 0. The van der Waals surface area contributed by atoms with Crippen LogP contribution in [0.3, 0.4) is 0 Å². The zero-order chi connectivity index (χ0) is 25.2. The number of fused-ring (bicyclic) bond motifs is 1. The van der Waals surface area contributed by atoms with Gasteiger partial charge in [-0.2, -0.15) is 0 Å². The Morgan fingerprint density at radius 3 is 2.32 bits per heavy atom. The zero-order valence-electron chi connectivity index (χ0n) is 19.3. The second kappa shape index (κ2) is 9.65. The summed E-state index contributed by atoms with van der Waals surface area (Å²) in [5.74, 6) is -1.87. The summed E-state index contributed by atoms with van der Waals surface area (Å²) < 4.78 is 12.5. The molecule has 11 heteroatoms. The maximum absolute atomic E-state index is 13.3. The van der Waals surface area contributed by atoms with E-state index in [-0.39, 0.29) is 34.6 Å². The van der Waals surface area contributed by atoms with Crippen LogP contribution in [0.25, 0.3) is 22.2 Å². The number of benzene rings is 1. The van der Waals surface area contributed by atoms with Crippen molar-refractivity contribution in [2.45, 2.75) is 32.4 Å². The number of rotatable bonds is 8. The lowest BCUT2D eigenvalue weighted by atomic mass is 10.1. The van der Waals surface area contributed by atoms with E-state index in [0.29, 0.717) is 12.0 Å². The molecule has 0 atom stereocenters. The largest absolute Gasteiger partial charge is 0.478 e. The Kier molecular flexibility index (Phi) is 7.08. The van der Waals surface area contributed by atoms with Crippen molar-refractivity contribution in [2.75, 3.05) is 13.7 Å². The summed E-state index contributed by atoms with van der Waals surface area (Å²) in [7, 11) is -0.158. The molecule has 0 radical (unpaired) electrons. The number of ether oxygens (including phenoxy) is 2. The minimum Gasteiger partial charge on any atom is -0.478 e. The Balaban J connectivity index is 2.16. The maximum atomic E-state index is 13.3. The van der Waals surface area contributed by atoms with Gasteiger partial charge in [-0.3, -0.25) is 9.36 Å². The van der Waals surface area contributed by atoms with Crippen molar-refractivity contribution in [1.82, 2.24) is 9.13 Å². The SMILES string of the molecule is COC(=O)c1cc(-c2cc3cc(C(=O)O)ccc3n2C(=O)O)c(=O)n(COCC[Si](C)(C)C)c1. The number of aromatic nitrogens is 2. The predicted molar refractivity (Wildman–Crippen MR) is 127 cm³/mol. The van der Waals surface area contributed by atoms with Crippen LogP contribution in [-0.4, -0.2) is 59.2 Å². The van der Waals surface area contributed by atoms with Gasteiger partial charge in [-0.25, -0.2) is 19.0 Å². The van der Waals surface area contributed by atoms with E-state index < -0.39 is 31.7 Å². The third kappa shape index (κ3) is 5.26. The van der Waals surface area contributed by atoms with Crippen LogP contribution in [-0.2, 0) is 16.2 Å². The molecule has 0 amide bonds. The Bertz CT molecular complexity index is 1330. The molecule has 0 aliphatic carbocycles. The Morgan fingerprint density at radius 2 is 1.74 bits per heavy atom. The van der Waals surface area contributed by atoms with Gasteiger partial charge in [0.1, 0.15) is 6.73 Å². The summed E-state index contributed by atoms with van der Waals surface area (Å²) in [5.41, 5.74) is -0.418. The molecule has 2 N–H and O–H groups in total. The summed E-state index contributed by atoms with van der Waals surface area (Å²) in [6.45, 7) is 6.89. The van der Waals surface area contributed by atoms with Crippen LogP contribution in [0, 0.1) is 0 Å². The normalized spacial score (nSPS) is 11.5. The molecule has 0 saturated carbocycles. The van der Waals surface area contributed by atoms with E-state index in [0.717, 1.165) is 10.6 Å². The first-order valence-electron chi connectivity index (χ1n) is 10.5. The van der Waals surface area contributed by atoms with Gasteiger partial charge in [-0.05, 0) is 36.4 Å². The molecule has 0 spiro atoms. The lowest BCUT2D eigenvalue weighted by Crippen LogP contribution is -2.27. The summed E-state index contributed by atoms with van der Waals surface area (Å²) in [4.78, 5) is 49.0. The maximum Gasteiger partial charge on any atom is 0.416 e. The van der Waals surface area contributed by atoms with Crippen LogP contribution in [0.2, 0.25) is 25.7 Å². The van der Waals surface area contributed by atoms with Crippen molar-refractivity contribution in [2.24, 2.45) is 0 Å². The molecule has 2 heterocycles. The van der Waals surface area contributed by atoms with Crippen molar-refractivity contribution < 1.29 is 34.1 Å². The molecule has 0 fully saturated rings. The van der Waals surface area contributed by atoms with Gasteiger partial charge in [-0.15, -0.1) is 0 Å². The van der Waals surface area contributed by atoms with E-state index in [9.17, 15) is 29.4 Å². The summed E-state index contributed by atoms with van der Waals surface area (Å²) in [5, 5.41) is 19.4. The van der Waals surface area contributed by atoms with E-state index in [4.69, 9.17) is 9.47 Å². The molecule has 0 aliphatic heterocycles. The number of carboxylic acids is 1. The van der Waals surface area contributed by atoms with E-state index in [2.05, 4.69) is 19.6 Å². The number of carboxylic acid groups (broad SMARTS) is 2. The highest BCUT2D eigenvalue weighted by atomic mass is 28.3. The molecule has 3 aromatic rings. The van der Waals surface area contributed by atoms with Crippen LogP contribution < -0.4 is 5.56 Å². The minimum atomic E-state index is -1.37. The van der Waals surface area contributed by atoms with Crippen molar-refractivity contribution in [1.29, 1.82) is 0 Å². The quantitative estimate of drug-likeness (QED) is 0.279. The molecule has 0 unspecified atom stereocenters. The number of pyridine rings is 1. The third-order valence-corrected chi connectivity index (χ3v) is 6.95. The molecule has 34 heavy (non-hydrogen) atoms. The second-order valence-corrected chi connectivity index (χ2v) is 14.6. The minimum absolute atomic E-state index is 0.00311. The van der Waals surface area contributed by atoms with Crippen LogP contribution in [0.1, 0.15) is 20.7 Å². The number of carbonyl (C=O) groups is 3. The number of methoxy groups -OCH3 is 1. The molecule has 2 aromatic heterocycles. The van der Waals surface area contributed by atoms with E-state index in [1.807, 2.05) is 0 Å². The van der Waals surface area contributed by atoms with Crippen molar-refractivity contribution in [3.05, 3.63) is 58.0 Å². The number of aromatic carboxylic acids is 1. The van der Waals surface area contributed by atoms with Gasteiger partial charge in [0.25, 0.3) is 5.56 Å². The molecule has 0 saturated heterocycles. The molecule has 0 aliphatic rings. The molecule has 0 bridgehead atoms. The highest BCUT2D eigenvalue weighted by Crippen LogP contribution is 2.28. The number of hydrogen-bond acceptors (Lipinski definition) is 6. The van der Waals surface area contributed by atoms with Gasteiger partial charge in [0.15, 0.2) is 0 Å². The van der Waals surface area contributed by atoms with E-state index in [1.54, 1.807) is 0 Å². The van der Waals surface area contributed by atoms with Crippen LogP contribution in [0.5, 0.6) is 0 Å². The van der Waals surface area contributed by atoms with Gasteiger partial charge < -0.3 is 19.7 Å². The van der Waals surface area contributed by atoms with Crippen molar-refractivity contribution in [3.63, 3.8) is 0 Å². The monoisotopic (exact) mass is 486 g/mol. The van der Waals surface area contributed by atoms with Crippen molar-refractivity contribution >= 4 is 37.0 Å². The van der Waals surface area contributed by atoms with Crippen LogP contribution in [0.4, 0.5) is 4.79 Å². The van der Waals surface area contributed by atoms with Crippen molar-refractivity contribution in [3.8, 4) is 11.3 Å². The standard InChI is InChI=1S/C23H26N2O8Si/c1-32-22(29)16-10-17(20(26)24(12-16)13-33-7-8-34(2,3)4)19-11-15-9-14(21(27)28)5-6-18(15)25(19)23(30)31/h5-6,9-12H,7-8,13H2,1-4H3,(H,27,28)(H,30,31). The van der Waals surface area contributed by atoms with Crippen LogP contribution in [0.15, 0.2) is 41.3 Å². The van der Waals surface area contributed by atoms with Gasteiger partial charge in [0.05, 0.1) is 35.0 Å². The van der Waals surface area contributed by atoms with E-state index in [1.165, 1.54) is 48.2 Å². The first-order chi connectivity index (χ1) is 15.9. The predicted octanol–water partition coefficient (Wildman–Crippen LogP) is 3.79. The fourth-order valence-electron chi connectivity index (χ4n) is 3.44. The first-order valence-corrected chi connectivity index (χ1v) is 14.2. The summed E-state index contributed by atoms with van der Waals surface area (Å²) in [6.07, 6.45) is -0.0588. The average molecular weight is 487 g/mol. The van der Waals surface area contributed by atoms with Gasteiger partial charge in [0, 0.05) is 26.3 Å². The second-order valence-electron chi connectivity index (χ2n) is 8.98. The molecule has 3 rings (SSSR count). The lowest BCUT2D eigenvalue weighted by Gasteiger charge is -2.16.